The average Bonchev–Trinajstić information content (AvgIpc) is 2.93. The summed E-state index contributed by atoms with van der Waals surface area (Å²) in [6.45, 7) is 5.10. The fourth-order valence-electron chi connectivity index (χ4n) is 3.25. The van der Waals surface area contributed by atoms with E-state index in [9.17, 15) is 5.11 Å². The van der Waals surface area contributed by atoms with Crippen molar-refractivity contribution in [2.24, 2.45) is 5.92 Å². The largest absolute Gasteiger partial charge is 0.493 e. The Morgan fingerprint density at radius 2 is 2.33 bits per heavy atom. The second-order valence-corrected chi connectivity index (χ2v) is 5.21. The van der Waals surface area contributed by atoms with Crippen LogP contribution in [0.2, 0.25) is 0 Å². The van der Waals surface area contributed by atoms with Gasteiger partial charge in [-0.1, -0.05) is 20.3 Å². The standard InChI is InChI=1S/C14H24N2O2/c1-4-9-16-13(12(18-3)10-15-16)14(17)8-6-7-11(14)5-2/h10-11,17H,4-9H2,1-3H3. The maximum Gasteiger partial charge on any atom is 0.162 e. The molecule has 0 aromatic carbocycles. The summed E-state index contributed by atoms with van der Waals surface area (Å²) in [5.41, 5.74) is 0.127. The van der Waals surface area contributed by atoms with Gasteiger partial charge in [0.05, 0.1) is 13.3 Å². The molecule has 4 heteroatoms. The molecule has 2 unspecified atom stereocenters. The lowest BCUT2D eigenvalue weighted by Crippen LogP contribution is -2.33. The lowest BCUT2D eigenvalue weighted by molar-refractivity contribution is -0.0142. The first kappa shape index (κ1) is 13.4. The summed E-state index contributed by atoms with van der Waals surface area (Å²) in [7, 11) is 1.65. The van der Waals surface area contributed by atoms with Crippen LogP contribution < -0.4 is 4.74 Å². The highest BCUT2D eigenvalue weighted by molar-refractivity contribution is 5.32. The van der Waals surface area contributed by atoms with Gasteiger partial charge in [-0.25, -0.2) is 0 Å². The molecule has 18 heavy (non-hydrogen) atoms. The number of nitrogens with zero attached hydrogens (tertiary/aromatic N) is 2. The molecule has 4 nitrogen and oxygen atoms in total. The predicted octanol–water partition coefficient (Wildman–Crippen LogP) is 2.70. The minimum absolute atomic E-state index is 0.318. The Labute approximate surface area is 109 Å². The quantitative estimate of drug-likeness (QED) is 0.876. The zero-order valence-corrected chi connectivity index (χ0v) is 11.6. The van der Waals surface area contributed by atoms with Crippen LogP contribution in [0.25, 0.3) is 0 Å². The molecule has 2 rings (SSSR count). The molecular formula is C14H24N2O2. The Bertz CT molecular complexity index is 402. The van der Waals surface area contributed by atoms with Crippen molar-refractivity contribution in [3.63, 3.8) is 0 Å². The van der Waals surface area contributed by atoms with Crippen molar-refractivity contribution in [1.82, 2.24) is 9.78 Å². The first-order valence-corrected chi connectivity index (χ1v) is 7.00. The van der Waals surface area contributed by atoms with Crippen molar-refractivity contribution >= 4 is 0 Å². The molecule has 2 atom stereocenters. The van der Waals surface area contributed by atoms with Gasteiger partial charge in [-0.15, -0.1) is 0 Å². The van der Waals surface area contributed by atoms with Crippen molar-refractivity contribution in [1.29, 1.82) is 0 Å². The van der Waals surface area contributed by atoms with Gasteiger partial charge in [-0.05, 0) is 31.6 Å². The molecule has 1 N–H and O–H groups in total. The maximum absolute atomic E-state index is 11.1. The van der Waals surface area contributed by atoms with Crippen LogP contribution >= 0.6 is 0 Å². The summed E-state index contributed by atoms with van der Waals surface area (Å²) in [4.78, 5) is 0. The minimum atomic E-state index is -0.758. The first-order chi connectivity index (χ1) is 8.67. The van der Waals surface area contributed by atoms with Gasteiger partial charge in [0.2, 0.25) is 0 Å². The Hall–Kier alpha value is -1.03. The van der Waals surface area contributed by atoms with Crippen LogP contribution in [0.4, 0.5) is 0 Å². The lowest BCUT2D eigenvalue weighted by atomic mass is 9.85. The Morgan fingerprint density at radius 1 is 1.56 bits per heavy atom. The van der Waals surface area contributed by atoms with E-state index in [4.69, 9.17) is 4.74 Å². The smallest absolute Gasteiger partial charge is 0.162 e. The monoisotopic (exact) mass is 252 g/mol. The van der Waals surface area contributed by atoms with E-state index in [1.807, 2.05) is 4.68 Å². The molecule has 0 radical (unpaired) electrons. The van der Waals surface area contributed by atoms with Crippen molar-refractivity contribution < 1.29 is 9.84 Å². The van der Waals surface area contributed by atoms with E-state index in [-0.39, 0.29) is 0 Å². The molecule has 0 bridgehead atoms. The van der Waals surface area contributed by atoms with Crippen LogP contribution in [0, 0.1) is 5.92 Å². The highest BCUT2D eigenvalue weighted by Gasteiger charge is 2.45. The molecule has 1 aromatic heterocycles. The number of aromatic nitrogens is 2. The third-order valence-corrected chi connectivity index (χ3v) is 4.15. The number of ether oxygens (including phenoxy) is 1. The Morgan fingerprint density at radius 3 is 2.94 bits per heavy atom. The second-order valence-electron chi connectivity index (χ2n) is 5.21. The van der Waals surface area contributed by atoms with Gasteiger partial charge in [0.25, 0.3) is 0 Å². The molecular weight excluding hydrogens is 228 g/mol. The van der Waals surface area contributed by atoms with Gasteiger partial charge >= 0.3 is 0 Å². The van der Waals surface area contributed by atoms with E-state index in [2.05, 4.69) is 18.9 Å². The molecule has 1 fully saturated rings. The van der Waals surface area contributed by atoms with E-state index < -0.39 is 5.60 Å². The molecule has 1 aliphatic rings. The molecule has 0 saturated heterocycles. The predicted molar refractivity (Wildman–Crippen MR) is 70.6 cm³/mol. The minimum Gasteiger partial charge on any atom is -0.493 e. The summed E-state index contributed by atoms with van der Waals surface area (Å²) in [5.74, 6) is 1.05. The Kier molecular flexibility index (Phi) is 3.95. The summed E-state index contributed by atoms with van der Waals surface area (Å²) >= 11 is 0. The summed E-state index contributed by atoms with van der Waals surface area (Å²) in [5, 5.41) is 15.5. The summed E-state index contributed by atoms with van der Waals surface area (Å²) in [6, 6.07) is 0. The van der Waals surface area contributed by atoms with Gasteiger partial charge in [0.15, 0.2) is 5.75 Å². The average molecular weight is 252 g/mol. The molecule has 0 spiro atoms. The van der Waals surface area contributed by atoms with E-state index in [0.29, 0.717) is 5.92 Å². The number of rotatable bonds is 5. The number of aryl methyl sites for hydroxylation is 1. The molecule has 1 saturated carbocycles. The van der Waals surface area contributed by atoms with Crippen LogP contribution in [-0.2, 0) is 12.1 Å². The van der Waals surface area contributed by atoms with E-state index in [0.717, 1.165) is 50.1 Å². The molecule has 0 amide bonds. The normalized spacial score (nSPS) is 27.7. The topological polar surface area (TPSA) is 47.3 Å². The first-order valence-electron chi connectivity index (χ1n) is 7.00. The summed E-state index contributed by atoms with van der Waals surface area (Å²) < 4.78 is 7.32. The highest BCUT2D eigenvalue weighted by atomic mass is 16.5. The van der Waals surface area contributed by atoms with Crippen LogP contribution in [-0.4, -0.2) is 22.0 Å². The third kappa shape index (κ3) is 2.03. The number of hydrogen-bond acceptors (Lipinski definition) is 3. The lowest BCUT2D eigenvalue weighted by Gasteiger charge is -2.30. The molecule has 102 valence electrons. The summed E-state index contributed by atoms with van der Waals surface area (Å²) in [6.07, 6.45) is 6.72. The van der Waals surface area contributed by atoms with Crippen molar-refractivity contribution in [2.45, 2.75) is 58.1 Å². The number of methoxy groups -OCH3 is 1. The molecule has 1 aliphatic carbocycles. The van der Waals surface area contributed by atoms with Gasteiger partial charge in [-0.2, -0.15) is 5.10 Å². The SMILES string of the molecule is CCCn1ncc(OC)c1C1(O)CCCC1CC. The number of aliphatic hydroxyl groups is 1. The van der Waals surface area contributed by atoms with Crippen LogP contribution in [0.3, 0.4) is 0 Å². The zero-order chi connectivity index (χ0) is 13.2. The van der Waals surface area contributed by atoms with Crippen molar-refractivity contribution in [3.05, 3.63) is 11.9 Å². The van der Waals surface area contributed by atoms with Gasteiger partial charge in [-0.3, -0.25) is 4.68 Å². The van der Waals surface area contributed by atoms with Crippen LogP contribution in [0.1, 0.15) is 51.6 Å². The highest BCUT2D eigenvalue weighted by Crippen LogP contribution is 2.47. The fraction of sp³-hybridized carbons (Fsp3) is 0.786. The van der Waals surface area contributed by atoms with Gasteiger partial charge < -0.3 is 9.84 Å². The Balaban J connectivity index is 2.44. The van der Waals surface area contributed by atoms with E-state index >= 15 is 0 Å². The van der Waals surface area contributed by atoms with Crippen LogP contribution in [0.5, 0.6) is 5.75 Å². The second kappa shape index (κ2) is 5.31. The number of hydrogen-bond donors (Lipinski definition) is 1. The molecule has 0 aliphatic heterocycles. The van der Waals surface area contributed by atoms with Crippen molar-refractivity contribution in [2.75, 3.05) is 7.11 Å². The van der Waals surface area contributed by atoms with Gasteiger partial charge in [0.1, 0.15) is 11.3 Å². The third-order valence-electron chi connectivity index (χ3n) is 4.15. The van der Waals surface area contributed by atoms with Crippen LogP contribution in [0.15, 0.2) is 6.20 Å². The molecule has 1 aromatic rings. The molecule has 1 heterocycles. The van der Waals surface area contributed by atoms with E-state index in [1.54, 1.807) is 13.3 Å². The fourth-order valence-corrected chi connectivity index (χ4v) is 3.25. The van der Waals surface area contributed by atoms with Crippen molar-refractivity contribution in [3.8, 4) is 5.75 Å². The maximum atomic E-state index is 11.1. The van der Waals surface area contributed by atoms with E-state index in [1.165, 1.54) is 0 Å². The van der Waals surface area contributed by atoms with Gasteiger partial charge in [0, 0.05) is 6.54 Å². The zero-order valence-electron chi connectivity index (χ0n) is 11.6.